The molecule has 21 heavy (non-hydrogen) atoms. The van der Waals surface area contributed by atoms with Crippen molar-refractivity contribution in [3.8, 4) is 0 Å². The number of aromatic nitrogens is 2. The van der Waals surface area contributed by atoms with Crippen molar-refractivity contribution in [3.63, 3.8) is 0 Å². The van der Waals surface area contributed by atoms with Crippen LogP contribution in [0.4, 0.5) is 10.2 Å². The summed E-state index contributed by atoms with van der Waals surface area (Å²) in [6, 6.07) is 0. The molecule has 1 aliphatic rings. The topological polar surface area (TPSA) is 75.5 Å². The van der Waals surface area contributed by atoms with Gasteiger partial charge in [-0.2, -0.15) is 0 Å². The number of rotatable bonds is 4. The van der Waals surface area contributed by atoms with Crippen LogP contribution in [0, 0.1) is 11.7 Å². The zero-order chi connectivity index (χ0) is 15.4. The second kappa shape index (κ2) is 6.80. The number of hydrogen-bond acceptors (Lipinski definition) is 6. The van der Waals surface area contributed by atoms with Crippen molar-refractivity contribution in [3.05, 3.63) is 17.8 Å². The van der Waals surface area contributed by atoms with E-state index in [0.717, 1.165) is 0 Å². The van der Waals surface area contributed by atoms with Gasteiger partial charge in [0, 0.05) is 13.1 Å². The Kier molecular flexibility index (Phi) is 5.06. The number of nitrogens with zero attached hydrogens (tertiary/aromatic N) is 3. The smallest absolute Gasteiger partial charge is 0.334 e. The minimum absolute atomic E-state index is 0.163. The Bertz CT molecular complexity index is 504. The van der Waals surface area contributed by atoms with Crippen LogP contribution in [-0.2, 0) is 16.0 Å². The van der Waals surface area contributed by atoms with Gasteiger partial charge in [-0.1, -0.05) is 6.92 Å². The Hall–Kier alpha value is -1.76. The zero-order valence-electron chi connectivity index (χ0n) is 12.3. The molecule has 0 radical (unpaired) electrons. The summed E-state index contributed by atoms with van der Waals surface area (Å²) in [6.45, 7) is 2.92. The van der Waals surface area contributed by atoms with Crippen LogP contribution in [0.25, 0.3) is 0 Å². The molecule has 1 aromatic rings. The van der Waals surface area contributed by atoms with Crippen LogP contribution in [0.1, 0.15) is 25.5 Å². The van der Waals surface area contributed by atoms with E-state index in [4.69, 9.17) is 0 Å². The third-order valence-corrected chi connectivity index (χ3v) is 3.91. The number of carbonyl (C=O) groups is 1. The monoisotopic (exact) mass is 297 g/mol. The van der Waals surface area contributed by atoms with E-state index in [-0.39, 0.29) is 11.7 Å². The fourth-order valence-electron chi connectivity index (χ4n) is 2.60. The maximum absolute atomic E-state index is 14.2. The first kappa shape index (κ1) is 15.6. The lowest BCUT2D eigenvalue weighted by Gasteiger charge is -2.34. The summed E-state index contributed by atoms with van der Waals surface area (Å²) in [5, 5.41) is 9.84. The molecule has 1 aromatic heterocycles. The Balaban J connectivity index is 2.03. The van der Waals surface area contributed by atoms with Gasteiger partial charge in [0.15, 0.2) is 17.7 Å². The fraction of sp³-hybridized carbons (Fsp3) is 0.643. The highest BCUT2D eigenvalue weighted by atomic mass is 19.1. The number of esters is 1. The number of carbonyl (C=O) groups excluding carboxylic acids is 1. The van der Waals surface area contributed by atoms with Crippen LogP contribution in [0.15, 0.2) is 6.33 Å². The fourth-order valence-corrected chi connectivity index (χ4v) is 2.60. The molecule has 0 aliphatic carbocycles. The number of aryl methyl sites for hydroxylation is 1. The van der Waals surface area contributed by atoms with E-state index >= 15 is 0 Å². The molecule has 1 atom stereocenters. The van der Waals surface area contributed by atoms with Crippen LogP contribution in [0.5, 0.6) is 0 Å². The van der Waals surface area contributed by atoms with Gasteiger partial charge >= 0.3 is 5.97 Å². The number of piperidine rings is 1. The van der Waals surface area contributed by atoms with E-state index in [0.29, 0.717) is 43.9 Å². The lowest BCUT2D eigenvalue weighted by atomic mass is 9.91. The molecular weight excluding hydrogens is 277 g/mol. The van der Waals surface area contributed by atoms with Crippen molar-refractivity contribution in [2.75, 3.05) is 25.1 Å². The van der Waals surface area contributed by atoms with Crippen molar-refractivity contribution in [2.24, 2.45) is 5.92 Å². The summed E-state index contributed by atoms with van der Waals surface area (Å²) in [5.41, 5.74) is 0.400. The second-order valence-corrected chi connectivity index (χ2v) is 5.10. The zero-order valence-corrected chi connectivity index (χ0v) is 12.3. The molecule has 1 fully saturated rings. The van der Waals surface area contributed by atoms with Crippen LogP contribution in [-0.4, -0.2) is 47.3 Å². The summed E-state index contributed by atoms with van der Waals surface area (Å²) in [6.07, 6.45) is 1.94. The van der Waals surface area contributed by atoms with Crippen molar-refractivity contribution < 1.29 is 19.0 Å². The van der Waals surface area contributed by atoms with Crippen LogP contribution >= 0.6 is 0 Å². The number of ether oxygens (including phenoxy) is 1. The Morgan fingerprint density at radius 1 is 1.52 bits per heavy atom. The maximum Gasteiger partial charge on any atom is 0.334 e. The molecule has 1 aliphatic heterocycles. The lowest BCUT2D eigenvalue weighted by molar-refractivity contribution is -0.153. The average molecular weight is 297 g/mol. The first-order valence-electron chi connectivity index (χ1n) is 7.08. The van der Waals surface area contributed by atoms with Crippen LogP contribution in [0.3, 0.4) is 0 Å². The van der Waals surface area contributed by atoms with Gasteiger partial charge in [-0.25, -0.2) is 19.2 Å². The van der Waals surface area contributed by atoms with E-state index in [2.05, 4.69) is 14.7 Å². The van der Waals surface area contributed by atoms with Gasteiger partial charge in [0.05, 0.1) is 12.8 Å². The highest BCUT2D eigenvalue weighted by molar-refractivity contribution is 5.74. The van der Waals surface area contributed by atoms with Gasteiger partial charge in [0.1, 0.15) is 6.33 Å². The Labute approximate surface area is 123 Å². The normalized spacial score (nSPS) is 17.6. The maximum atomic E-state index is 14.2. The van der Waals surface area contributed by atoms with E-state index in [1.54, 1.807) is 0 Å². The summed E-state index contributed by atoms with van der Waals surface area (Å²) in [4.78, 5) is 21.1. The third kappa shape index (κ3) is 3.29. The Morgan fingerprint density at radius 2 is 2.19 bits per heavy atom. The molecule has 0 bridgehead atoms. The number of aliphatic hydroxyl groups excluding tert-OH is 1. The summed E-state index contributed by atoms with van der Waals surface area (Å²) in [5.74, 6) is -0.862. The molecule has 1 unspecified atom stereocenters. The highest BCUT2D eigenvalue weighted by Crippen LogP contribution is 2.26. The predicted octanol–water partition coefficient (Wildman–Crippen LogP) is 0.928. The van der Waals surface area contributed by atoms with Gasteiger partial charge in [0.25, 0.3) is 0 Å². The molecule has 2 heterocycles. The first-order chi connectivity index (χ1) is 10.1. The molecule has 1 N–H and O–H groups in total. The lowest BCUT2D eigenvalue weighted by Crippen LogP contribution is -2.41. The number of halogens is 1. The molecule has 7 heteroatoms. The largest absolute Gasteiger partial charge is 0.467 e. The summed E-state index contributed by atoms with van der Waals surface area (Å²) >= 11 is 0. The number of anilines is 1. The standard InChI is InChI=1S/C14H20FN3O3/c1-3-10-11(15)13(17-8-16-10)18-6-4-9(5-7-18)12(19)14(20)21-2/h8-9,12,19H,3-7H2,1-2H3. The number of hydrogen-bond donors (Lipinski definition) is 1. The molecular formula is C14H20FN3O3. The SMILES string of the molecule is CCc1ncnc(N2CCC(C(O)C(=O)OC)CC2)c1F. The number of aliphatic hydroxyl groups is 1. The average Bonchev–Trinajstić information content (AvgIpc) is 2.54. The van der Waals surface area contributed by atoms with Gasteiger partial charge in [-0.05, 0) is 25.2 Å². The summed E-state index contributed by atoms with van der Waals surface area (Å²) < 4.78 is 18.7. The first-order valence-corrected chi connectivity index (χ1v) is 7.08. The second-order valence-electron chi connectivity index (χ2n) is 5.10. The predicted molar refractivity (Wildman–Crippen MR) is 74.3 cm³/mol. The van der Waals surface area contributed by atoms with E-state index in [1.165, 1.54) is 13.4 Å². The van der Waals surface area contributed by atoms with Crippen molar-refractivity contribution in [1.29, 1.82) is 0 Å². The van der Waals surface area contributed by atoms with Crippen molar-refractivity contribution >= 4 is 11.8 Å². The summed E-state index contributed by atoms with van der Waals surface area (Å²) in [7, 11) is 1.25. The molecule has 6 nitrogen and oxygen atoms in total. The van der Waals surface area contributed by atoms with Gasteiger partial charge in [-0.3, -0.25) is 0 Å². The molecule has 0 aromatic carbocycles. The minimum atomic E-state index is -1.11. The number of methoxy groups -OCH3 is 1. The highest BCUT2D eigenvalue weighted by Gasteiger charge is 2.31. The van der Waals surface area contributed by atoms with Gasteiger partial charge in [0.2, 0.25) is 0 Å². The van der Waals surface area contributed by atoms with Gasteiger partial charge in [-0.15, -0.1) is 0 Å². The van der Waals surface area contributed by atoms with Gasteiger partial charge < -0.3 is 14.7 Å². The third-order valence-electron chi connectivity index (χ3n) is 3.91. The molecule has 0 amide bonds. The quantitative estimate of drug-likeness (QED) is 0.833. The molecule has 116 valence electrons. The molecule has 1 saturated heterocycles. The molecule has 2 rings (SSSR count). The molecule has 0 spiro atoms. The van der Waals surface area contributed by atoms with E-state index in [9.17, 15) is 14.3 Å². The molecule has 0 saturated carbocycles. The van der Waals surface area contributed by atoms with Crippen molar-refractivity contribution in [2.45, 2.75) is 32.3 Å². The Morgan fingerprint density at radius 3 is 2.76 bits per heavy atom. The van der Waals surface area contributed by atoms with E-state index < -0.39 is 12.1 Å². The van der Waals surface area contributed by atoms with Crippen LogP contribution in [0.2, 0.25) is 0 Å². The van der Waals surface area contributed by atoms with E-state index in [1.807, 2.05) is 11.8 Å². The van der Waals surface area contributed by atoms with Crippen LogP contribution < -0.4 is 4.90 Å². The minimum Gasteiger partial charge on any atom is -0.467 e. The van der Waals surface area contributed by atoms with Crippen molar-refractivity contribution in [1.82, 2.24) is 9.97 Å².